The number of benzene rings is 3. The molecule has 3 aromatic rings. The Bertz CT molecular complexity index is 1380. The molecule has 202 valence electrons. The number of hydrogen-bond acceptors (Lipinski definition) is 5. The van der Waals surface area contributed by atoms with Crippen molar-refractivity contribution in [2.24, 2.45) is 0 Å². The highest BCUT2D eigenvalue weighted by Crippen LogP contribution is 2.30. The van der Waals surface area contributed by atoms with Crippen LogP contribution in [0.15, 0.2) is 72.8 Å². The van der Waals surface area contributed by atoms with Gasteiger partial charge in [0.2, 0.25) is 5.91 Å². The highest BCUT2D eigenvalue weighted by molar-refractivity contribution is 7.80. The summed E-state index contributed by atoms with van der Waals surface area (Å²) in [5.41, 5.74) is 2.85. The minimum atomic E-state index is -0.406. The van der Waals surface area contributed by atoms with Crippen molar-refractivity contribution in [2.75, 3.05) is 43.0 Å². The largest absolute Gasteiger partial charge is 0.492 e. The van der Waals surface area contributed by atoms with Gasteiger partial charge in [-0.1, -0.05) is 53.5 Å². The lowest BCUT2D eigenvalue weighted by Gasteiger charge is -2.36. The van der Waals surface area contributed by atoms with Gasteiger partial charge in [-0.25, -0.2) is 0 Å². The molecule has 2 N–H and O–H groups in total. The second-order valence-corrected chi connectivity index (χ2v) is 9.96. The summed E-state index contributed by atoms with van der Waals surface area (Å²) in [6, 6.07) is 20.0. The molecule has 1 fully saturated rings. The molecule has 0 aromatic heterocycles. The first-order valence-corrected chi connectivity index (χ1v) is 13.6. The first-order chi connectivity index (χ1) is 18.8. The van der Waals surface area contributed by atoms with E-state index in [0.717, 1.165) is 11.3 Å². The summed E-state index contributed by atoms with van der Waals surface area (Å²) < 4.78 is 5.42. The summed E-state index contributed by atoms with van der Waals surface area (Å²) in [6.45, 7) is 4.72. The average Bonchev–Trinajstić information content (AvgIpc) is 2.93. The van der Waals surface area contributed by atoms with Gasteiger partial charge >= 0.3 is 0 Å². The number of ether oxygens (including phenoxy) is 1. The number of hydrogen-bond donors (Lipinski definition) is 2. The Labute approximate surface area is 243 Å². The highest BCUT2D eigenvalue weighted by Gasteiger charge is 2.22. The number of halogens is 2. The number of carbonyl (C=O) groups excluding carboxylic acids is 2. The van der Waals surface area contributed by atoms with E-state index >= 15 is 0 Å². The van der Waals surface area contributed by atoms with Crippen LogP contribution in [0.3, 0.4) is 0 Å². The molecule has 1 saturated heterocycles. The lowest BCUT2D eigenvalue weighted by molar-refractivity contribution is -0.126. The Balaban J connectivity index is 1.37. The Morgan fingerprint density at radius 2 is 1.74 bits per heavy atom. The molecule has 39 heavy (non-hydrogen) atoms. The van der Waals surface area contributed by atoms with Crippen molar-refractivity contribution >= 4 is 69.8 Å². The van der Waals surface area contributed by atoms with E-state index < -0.39 is 5.91 Å². The number of amides is 2. The molecule has 1 heterocycles. The standard InChI is InChI=1S/C29H28Cl2N4O3S/c1-2-38-26-12-9-21(18-23(26)31)28(37)33-29(39)32-24-19-22(30)10-11-25(24)34-14-16-35(17-15-34)27(36)13-8-20-6-4-3-5-7-20/h3-13,18-19H,2,14-17H2,1H3,(H2,32,33,37,39)/b13-8+. The summed E-state index contributed by atoms with van der Waals surface area (Å²) in [5.74, 6) is 0.0805. The molecule has 2 amide bonds. The fourth-order valence-corrected chi connectivity index (χ4v) is 4.74. The van der Waals surface area contributed by atoms with Gasteiger partial charge in [-0.05, 0) is 67.2 Å². The van der Waals surface area contributed by atoms with Crippen LogP contribution in [-0.2, 0) is 4.79 Å². The molecule has 0 unspecified atom stereocenters. The van der Waals surface area contributed by atoms with E-state index in [1.807, 2.05) is 54.3 Å². The number of rotatable bonds is 7. The summed E-state index contributed by atoms with van der Waals surface area (Å²) in [6.07, 6.45) is 3.44. The quantitative estimate of drug-likeness (QED) is 0.267. The molecule has 0 atom stereocenters. The molecule has 0 bridgehead atoms. The van der Waals surface area contributed by atoms with E-state index in [9.17, 15) is 9.59 Å². The minimum absolute atomic E-state index is 0.0220. The molecule has 7 nitrogen and oxygen atoms in total. The maximum atomic E-state index is 12.7. The van der Waals surface area contributed by atoms with Gasteiger partial charge in [0.25, 0.3) is 5.91 Å². The SMILES string of the molecule is CCOc1ccc(C(=O)NC(=S)Nc2cc(Cl)ccc2N2CCN(C(=O)/C=C/c3ccccc3)CC2)cc1Cl. The third kappa shape index (κ3) is 7.72. The van der Waals surface area contributed by atoms with Crippen LogP contribution < -0.4 is 20.3 Å². The van der Waals surface area contributed by atoms with Crippen LogP contribution in [0, 0.1) is 0 Å². The van der Waals surface area contributed by atoms with E-state index in [1.54, 1.807) is 30.3 Å². The number of thiocarbonyl (C=S) groups is 1. The number of nitrogens with one attached hydrogen (secondary N) is 2. The van der Waals surface area contributed by atoms with E-state index in [0.29, 0.717) is 59.8 Å². The Morgan fingerprint density at radius 1 is 1.00 bits per heavy atom. The zero-order valence-electron chi connectivity index (χ0n) is 21.3. The molecular weight excluding hydrogens is 555 g/mol. The van der Waals surface area contributed by atoms with E-state index in [-0.39, 0.29) is 11.0 Å². The lowest BCUT2D eigenvalue weighted by Crippen LogP contribution is -2.48. The molecule has 0 radical (unpaired) electrons. The Hall–Kier alpha value is -3.59. The second kappa shape index (κ2) is 13.5. The van der Waals surface area contributed by atoms with Gasteiger partial charge in [-0.3, -0.25) is 14.9 Å². The smallest absolute Gasteiger partial charge is 0.257 e. The van der Waals surface area contributed by atoms with Crippen LogP contribution in [-0.4, -0.2) is 54.6 Å². The third-order valence-corrected chi connectivity index (χ3v) is 6.81. The van der Waals surface area contributed by atoms with Crippen molar-refractivity contribution in [3.8, 4) is 5.75 Å². The molecule has 0 aliphatic carbocycles. The van der Waals surface area contributed by atoms with Gasteiger partial charge in [-0.15, -0.1) is 0 Å². The number of anilines is 2. The van der Waals surface area contributed by atoms with Crippen LogP contribution in [0.1, 0.15) is 22.8 Å². The number of carbonyl (C=O) groups is 2. The predicted molar refractivity (Wildman–Crippen MR) is 162 cm³/mol. The molecule has 1 aliphatic heterocycles. The minimum Gasteiger partial charge on any atom is -0.492 e. The Morgan fingerprint density at radius 3 is 2.44 bits per heavy atom. The lowest BCUT2D eigenvalue weighted by atomic mass is 10.2. The maximum Gasteiger partial charge on any atom is 0.257 e. The predicted octanol–water partition coefficient (Wildman–Crippen LogP) is 5.88. The summed E-state index contributed by atoms with van der Waals surface area (Å²) in [5, 5.41) is 6.76. The Kier molecular flexibility index (Phi) is 9.81. The van der Waals surface area contributed by atoms with Gasteiger partial charge in [0.05, 0.1) is 23.0 Å². The second-order valence-electron chi connectivity index (χ2n) is 8.70. The highest BCUT2D eigenvalue weighted by atomic mass is 35.5. The van der Waals surface area contributed by atoms with Gasteiger partial charge in [-0.2, -0.15) is 0 Å². The van der Waals surface area contributed by atoms with Crippen LogP contribution in [0.2, 0.25) is 10.0 Å². The summed E-state index contributed by atoms with van der Waals surface area (Å²) >= 11 is 17.9. The molecule has 4 rings (SSSR count). The summed E-state index contributed by atoms with van der Waals surface area (Å²) in [4.78, 5) is 29.4. The average molecular weight is 584 g/mol. The van der Waals surface area contributed by atoms with Crippen molar-refractivity contribution in [1.82, 2.24) is 10.2 Å². The zero-order chi connectivity index (χ0) is 27.8. The number of nitrogens with zero attached hydrogens (tertiary/aromatic N) is 2. The van der Waals surface area contributed by atoms with Crippen molar-refractivity contribution in [3.05, 3.63) is 94.0 Å². The van der Waals surface area contributed by atoms with Crippen molar-refractivity contribution in [3.63, 3.8) is 0 Å². The normalized spacial score (nSPS) is 13.3. The van der Waals surface area contributed by atoms with E-state index in [2.05, 4.69) is 15.5 Å². The topological polar surface area (TPSA) is 73.9 Å². The van der Waals surface area contributed by atoms with Crippen LogP contribution in [0.5, 0.6) is 5.75 Å². The summed E-state index contributed by atoms with van der Waals surface area (Å²) in [7, 11) is 0. The zero-order valence-corrected chi connectivity index (χ0v) is 23.7. The van der Waals surface area contributed by atoms with E-state index in [1.165, 1.54) is 6.07 Å². The third-order valence-electron chi connectivity index (χ3n) is 6.08. The van der Waals surface area contributed by atoms with Crippen molar-refractivity contribution < 1.29 is 14.3 Å². The number of piperazine rings is 1. The van der Waals surface area contributed by atoms with Gasteiger partial charge < -0.3 is 19.9 Å². The van der Waals surface area contributed by atoms with Crippen molar-refractivity contribution in [1.29, 1.82) is 0 Å². The van der Waals surface area contributed by atoms with Crippen molar-refractivity contribution in [2.45, 2.75) is 6.92 Å². The van der Waals surface area contributed by atoms with Crippen LogP contribution in [0.25, 0.3) is 6.08 Å². The first kappa shape index (κ1) is 28.4. The molecule has 0 spiro atoms. The molecule has 10 heteroatoms. The fourth-order valence-electron chi connectivity index (χ4n) is 4.13. The van der Waals surface area contributed by atoms with Gasteiger partial charge in [0.1, 0.15) is 5.75 Å². The molecular formula is C29H28Cl2N4O3S. The first-order valence-electron chi connectivity index (χ1n) is 12.4. The van der Waals surface area contributed by atoms with E-state index in [4.69, 9.17) is 40.2 Å². The van der Waals surface area contributed by atoms with Gasteiger partial charge in [0, 0.05) is 42.8 Å². The molecule has 1 aliphatic rings. The molecule has 0 saturated carbocycles. The monoisotopic (exact) mass is 582 g/mol. The maximum absolute atomic E-state index is 12.7. The fraction of sp³-hybridized carbons (Fsp3) is 0.207. The van der Waals surface area contributed by atoms with Crippen LogP contribution in [0.4, 0.5) is 11.4 Å². The van der Waals surface area contributed by atoms with Gasteiger partial charge in [0.15, 0.2) is 5.11 Å². The molecule has 3 aromatic carbocycles. The van der Waals surface area contributed by atoms with Crippen LogP contribution >= 0.6 is 35.4 Å².